The first kappa shape index (κ1) is 10.3. The molecule has 0 aromatic rings. The van der Waals surface area contributed by atoms with Crippen LogP contribution in [0.3, 0.4) is 0 Å². The van der Waals surface area contributed by atoms with E-state index in [1.165, 1.54) is 0 Å². The van der Waals surface area contributed by atoms with E-state index in [9.17, 15) is 4.21 Å². The molecule has 0 spiro atoms. The number of aliphatic hydroxyl groups excluding tert-OH is 1. The Labute approximate surface area is 71.0 Å². The van der Waals surface area contributed by atoms with Crippen LogP contribution in [0.4, 0.5) is 0 Å². The molecule has 1 unspecified atom stereocenters. The Bertz CT molecular complexity index is 52.5. The molecule has 0 aliphatic carbocycles. The van der Waals surface area contributed by atoms with Gasteiger partial charge in [0.15, 0.2) is 11.1 Å². The van der Waals surface area contributed by atoms with Crippen LogP contribution < -0.4 is 0 Å². The van der Waals surface area contributed by atoms with Gasteiger partial charge in [-0.2, -0.15) is 0 Å². The maximum Gasteiger partial charge on any atom is 2.00 e. The summed E-state index contributed by atoms with van der Waals surface area (Å²) in [6, 6.07) is 0. The van der Waals surface area contributed by atoms with Gasteiger partial charge in [0.1, 0.15) is 5.94 Å². The zero-order valence-corrected chi connectivity index (χ0v) is 6.15. The molecule has 0 saturated carbocycles. The van der Waals surface area contributed by atoms with Gasteiger partial charge >= 0.3 is 37.7 Å². The summed E-state index contributed by atoms with van der Waals surface area (Å²) in [5.74, 6) is -0.667. The van der Waals surface area contributed by atoms with Gasteiger partial charge in [-0.1, -0.05) is 0 Å². The molecule has 1 atom stereocenters. The van der Waals surface area contributed by atoms with Crippen molar-refractivity contribution in [3.63, 3.8) is 0 Å². The molecule has 0 heterocycles. The molecule has 5 heteroatoms. The summed E-state index contributed by atoms with van der Waals surface area (Å²) in [6.07, 6.45) is 0. The van der Waals surface area contributed by atoms with E-state index in [0.29, 0.717) is 0 Å². The van der Waals surface area contributed by atoms with Crippen LogP contribution in [0.2, 0.25) is 0 Å². The number of aliphatic hydroxyl groups is 1. The van der Waals surface area contributed by atoms with Crippen molar-refractivity contribution in [1.82, 2.24) is 0 Å². The van der Waals surface area contributed by atoms with Gasteiger partial charge in [0.25, 0.3) is 0 Å². The first-order valence-corrected chi connectivity index (χ1v) is 2.23. The molecule has 0 saturated heterocycles. The summed E-state index contributed by atoms with van der Waals surface area (Å²) in [7, 11) is 0. The van der Waals surface area contributed by atoms with Crippen LogP contribution in [0.15, 0.2) is 0 Å². The van der Waals surface area contributed by atoms with Gasteiger partial charge < -0.3 is 12.5 Å². The van der Waals surface area contributed by atoms with Crippen LogP contribution in [-0.4, -0.2) is 57.5 Å². The fourth-order valence-corrected chi connectivity index (χ4v) is 0. The zero-order chi connectivity index (χ0) is 4.28. The third kappa shape index (κ3) is 9.01. The maximum absolute atomic E-state index is 9.23. The molecule has 0 rings (SSSR count). The van der Waals surface area contributed by atoms with Gasteiger partial charge in [0, 0.05) is 0 Å². The largest absolute Gasteiger partial charge is 2.00 e. The molecule has 3 nitrogen and oxygen atoms in total. The Morgan fingerprint density at radius 2 is 2.00 bits per heavy atom. The van der Waals surface area contributed by atoms with E-state index in [0.717, 1.165) is 0 Å². The third-order valence-electron chi connectivity index (χ3n) is 0.110. The van der Waals surface area contributed by atoms with Crippen molar-refractivity contribution in [2.24, 2.45) is 0 Å². The minimum Gasteiger partial charge on any atom is -1.00 e. The summed E-state index contributed by atoms with van der Waals surface area (Å²) in [5, 5.41) is 7.59. The Morgan fingerprint density at radius 1 is 1.83 bits per heavy atom. The van der Waals surface area contributed by atoms with Crippen LogP contribution >= 0.6 is 0 Å². The molecule has 0 aromatic carbocycles. The predicted octanol–water partition coefficient (Wildman–Crippen LogP) is -0.998. The number of hydrogen-bond acceptors (Lipinski definition) is 2. The van der Waals surface area contributed by atoms with Crippen LogP contribution in [-0.2, 0) is 11.1 Å². The Balaban J connectivity index is -0.0000000267. The number of hydrogen-bond donors (Lipinski definition) is 2. The smallest absolute Gasteiger partial charge is 1.00 e. The maximum atomic E-state index is 9.23. The molecule has 0 fully saturated rings. The van der Waals surface area contributed by atoms with E-state index in [-0.39, 0.29) is 40.6 Å². The van der Waals surface area contributed by atoms with E-state index in [2.05, 4.69) is 0 Å². The summed E-state index contributed by atoms with van der Waals surface area (Å²) in [5.41, 5.74) is 0. The zero-order valence-electron chi connectivity index (χ0n) is 5.13. The molecular weight excluding hydrogens is 132 g/mol. The van der Waals surface area contributed by atoms with Gasteiger partial charge in [-0.05, 0) is 0 Å². The first-order chi connectivity index (χ1) is 2.27. The average molecular weight is 138 g/mol. The summed E-state index contributed by atoms with van der Waals surface area (Å²) in [6.45, 7) is 0. The topological polar surface area (TPSA) is 57.5 Å². The van der Waals surface area contributed by atoms with Crippen molar-refractivity contribution < 1.29 is 16.7 Å². The minimum atomic E-state index is -2.02. The van der Waals surface area contributed by atoms with Crippen LogP contribution in [0.1, 0.15) is 2.85 Å². The van der Waals surface area contributed by atoms with Crippen LogP contribution in [0.5, 0.6) is 0 Å². The Morgan fingerprint density at radius 3 is 2.00 bits per heavy atom. The van der Waals surface area contributed by atoms with E-state index >= 15 is 0 Å². The molecule has 0 amide bonds. The quantitative estimate of drug-likeness (QED) is 0.361. The Hall–Kier alpha value is 1.33. The third-order valence-corrected chi connectivity index (χ3v) is 0.331. The molecule has 0 aliphatic heterocycles. The van der Waals surface area contributed by atoms with Crippen molar-refractivity contribution in [3.05, 3.63) is 0 Å². The van der Waals surface area contributed by atoms with E-state index in [1.54, 1.807) is 0 Å². The molecular formula is CH6CaO3S. The monoisotopic (exact) mass is 138 g/mol. The van der Waals surface area contributed by atoms with Gasteiger partial charge in [-0.25, -0.2) is 4.21 Å². The summed E-state index contributed by atoms with van der Waals surface area (Å²) in [4.78, 5) is 0. The molecule has 0 radical (unpaired) electrons. The van der Waals surface area contributed by atoms with E-state index < -0.39 is 17.0 Å². The van der Waals surface area contributed by atoms with Crippen molar-refractivity contribution in [2.75, 3.05) is 5.94 Å². The van der Waals surface area contributed by atoms with Crippen molar-refractivity contribution >= 4 is 48.8 Å². The van der Waals surface area contributed by atoms with Crippen molar-refractivity contribution in [3.8, 4) is 0 Å². The second kappa shape index (κ2) is 6.33. The molecule has 2 N–H and O–H groups in total. The Kier molecular flexibility index (Phi) is 10.9. The van der Waals surface area contributed by atoms with Gasteiger partial charge in [-0.3, -0.25) is 0 Å². The van der Waals surface area contributed by atoms with Crippen molar-refractivity contribution in [2.45, 2.75) is 0 Å². The fourth-order valence-electron chi connectivity index (χ4n) is 0. The average Bonchev–Trinajstić information content (AvgIpc) is 1.38. The van der Waals surface area contributed by atoms with E-state index in [1.807, 2.05) is 0 Å². The summed E-state index contributed by atoms with van der Waals surface area (Å²) >= 11 is -2.02. The standard InChI is InChI=1S/CH4O3S.Ca.2H/c2-1-5(3)4;;;/h2H,1H2,(H,3,4);;;/q;+2;2*-1. The predicted molar refractivity (Wildman–Crippen MR) is 25.8 cm³/mol. The van der Waals surface area contributed by atoms with Gasteiger partial charge in [0.05, 0.1) is 0 Å². The first-order valence-electron chi connectivity index (χ1n) is 0.954. The SMILES string of the molecule is O=S(O)CO.[Ca+2].[H-].[H-]. The second-order valence-electron chi connectivity index (χ2n) is 0.451. The fraction of sp³-hybridized carbons (Fsp3) is 1.00. The van der Waals surface area contributed by atoms with Crippen molar-refractivity contribution in [1.29, 1.82) is 0 Å². The molecule has 0 aromatic heterocycles. The molecule has 6 heavy (non-hydrogen) atoms. The summed E-state index contributed by atoms with van der Waals surface area (Å²) < 4.78 is 16.8. The molecule has 0 aliphatic rings. The van der Waals surface area contributed by atoms with Crippen LogP contribution in [0, 0.1) is 0 Å². The minimum absolute atomic E-state index is 0. The van der Waals surface area contributed by atoms with E-state index in [4.69, 9.17) is 9.66 Å². The van der Waals surface area contributed by atoms with Gasteiger partial charge in [0.2, 0.25) is 0 Å². The normalized spacial score (nSPS) is 12.3. The number of rotatable bonds is 1. The molecule has 0 bridgehead atoms. The van der Waals surface area contributed by atoms with Gasteiger partial charge in [-0.15, -0.1) is 0 Å². The second-order valence-corrected chi connectivity index (χ2v) is 1.35. The van der Waals surface area contributed by atoms with Crippen LogP contribution in [0.25, 0.3) is 0 Å². The molecule has 36 valence electrons.